The Kier molecular flexibility index (Phi) is 4.16. The van der Waals surface area contributed by atoms with Crippen molar-refractivity contribution in [1.29, 1.82) is 0 Å². The summed E-state index contributed by atoms with van der Waals surface area (Å²) in [6.07, 6.45) is 4.48. The summed E-state index contributed by atoms with van der Waals surface area (Å²) in [5.74, 6) is 0.583. The molecular formula is C16H19N3O4S. The van der Waals surface area contributed by atoms with Crippen molar-refractivity contribution >= 4 is 15.7 Å². The minimum Gasteiger partial charge on any atom is -0.340 e. The van der Waals surface area contributed by atoms with Crippen molar-refractivity contribution in [3.8, 4) is 0 Å². The van der Waals surface area contributed by atoms with Gasteiger partial charge in [-0.3, -0.25) is 4.79 Å². The minimum absolute atomic E-state index is 0.117. The Hall–Kier alpha value is -2.22. The molecule has 0 atom stereocenters. The van der Waals surface area contributed by atoms with Crippen LogP contribution < -0.4 is 5.32 Å². The van der Waals surface area contributed by atoms with Gasteiger partial charge in [-0.1, -0.05) is 24.1 Å². The minimum atomic E-state index is -3.37. The Morgan fingerprint density at radius 1 is 1.29 bits per heavy atom. The van der Waals surface area contributed by atoms with Gasteiger partial charge in [0.15, 0.2) is 15.7 Å². The summed E-state index contributed by atoms with van der Waals surface area (Å²) in [6.45, 7) is 1.70. The molecule has 1 N–H and O–H groups in total. The molecule has 1 aliphatic carbocycles. The third kappa shape index (κ3) is 3.19. The van der Waals surface area contributed by atoms with E-state index >= 15 is 0 Å². The standard InChI is InChI=1S/C16H19N3O4S/c1-11-17-15(19-23-11)16(8-3-4-9-16)18-14(20)12-6-5-7-13(10-12)24(2,21)22/h5-7,10H,3-4,8-9H2,1-2H3,(H,18,20). The first-order valence-corrected chi connectivity index (χ1v) is 9.63. The topological polar surface area (TPSA) is 102 Å². The van der Waals surface area contributed by atoms with Gasteiger partial charge in [0.1, 0.15) is 5.54 Å². The highest BCUT2D eigenvalue weighted by Gasteiger charge is 2.41. The summed E-state index contributed by atoms with van der Waals surface area (Å²) >= 11 is 0. The second kappa shape index (κ2) is 6.01. The number of aromatic nitrogens is 2. The van der Waals surface area contributed by atoms with Gasteiger partial charge in [0, 0.05) is 18.7 Å². The zero-order valence-corrected chi connectivity index (χ0v) is 14.4. The first-order chi connectivity index (χ1) is 11.3. The van der Waals surface area contributed by atoms with Crippen LogP contribution >= 0.6 is 0 Å². The molecule has 0 radical (unpaired) electrons. The second-order valence-corrected chi connectivity index (χ2v) is 8.20. The maximum atomic E-state index is 12.7. The Balaban J connectivity index is 1.90. The maximum absolute atomic E-state index is 12.7. The van der Waals surface area contributed by atoms with Crippen LogP contribution in [0.4, 0.5) is 0 Å². The fraction of sp³-hybridized carbons (Fsp3) is 0.438. The van der Waals surface area contributed by atoms with Crippen LogP contribution in [0.15, 0.2) is 33.7 Å². The van der Waals surface area contributed by atoms with Crippen LogP contribution in [0.5, 0.6) is 0 Å². The molecule has 0 aliphatic heterocycles. The molecule has 1 saturated carbocycles. The lowest BCUT2D eigenvalue weighted by Crippen LogP contribution is -2.44. The van der Waals surface area contributed by atoms with E-state index in [9.17, 15) is 13.2 Å². The molecule has 128 valence electrons. The third-order valence-electron chi connectivity index (χ3n) is 4.29. The Morgan fingerprint density at radius 3 is 2.58 bits per heavy atom. The van der Waals surface area contributed by atoms with Crippen molar-refractivity contribution in [3.63, 3.8) is 0 Å². The first kappa shape index (κ1) is 16.6. The number of hydrogen-bond acceptors (Lipinski definition) is 6. The van der Waals surface area contributed by atoms with E-state index in [1.54, 1.807) is 19.1 Å². The number of hydrogen-bond donors (Lipinski definition) is 1. The molecule has 2 aromatic rings. The van der Waals surface area contributed by atoms with Gasteiger partial charge >= 0.3 is 0 Å². The number of carbonyl (C=O) groups is 1. The maximum Gasteiger partial charge on any atom is 0.252 e. The van der Waals surface area contributed by atoms with Crippen molar-refractivity contribution in [3.05, 3.63) is 41.5 Å². The lowest BCUT2D eigenvalue weighted by atomic mass is 9.96. The number of rotatable bonds is 4. The average molecular weight is 349 g/mol. The van der Waals surface area contributed by atoms with Crippen LogP contribution in [-0.2, 0) is 15.4 Å². The van der Waals surface area contributed by atoms with Crippen molar-refractivity contribution in [1.82, 2.24) is 15.5 Å². The number of nitrogens with one attached hydrogen (secondary N) is 1. The molecule has 0 unspecified atom stereocenters. The fourth-order valence-electron chi connectivity index (χ4n) is 3.03. The number of carbonyl (C=O) groups excluding carboxylic acids is 1. The zero-order valence-electron chi connectivity index (χ0n) is 13.6. The molecule has 24 heavy (non-hydrogen) atoms. The van der Waals surface area contributed by atoms with Crippen LogP contribution in [0.25, 0.3) is 0 Å². The van der Waals surface area contributed by atoms with E-state index < -0.39 is 15.4 Å². The summed E-state index contributed by atoms with van der Waals surface area (Å²) in [7, 11) is -3.37. The molecule has 1 fully saturated rings. The SMILES string of the molecule is Cc1nc(C2(NC(=O)c3cccc(S(C)(=O)=O)c3)CCCC2)no1. The molecular weight excluding hydrogens is 330 g/mol. The van der Waals surface area contributed by atoms with Gasteiger partial charge in [-0.05, 0) is 31.0 Å². The van der Waals surface area contributed by atoms with E-state index in [1.807, 2.05) is 0 Å². The second-order valence-electron chi connectivity index (χ2n) is 6.18. The Bertz CT molecular complexity index is 867. The monoisotopic (exact) mass is 349 g/mol. The molecule has 1 aromatic carbocycles. The molecule has 0 spiro atoms. The highest BCUT2D eigenvalue weighted by atomic mass is 32.2. The van der Waals surface area contributed by atoms with E-state index in [-0.39, 0.29) is 10.8 Å². The first-order valence-electron chi connectivity index (χ1n) is 7.74. The molecule has 8 heteroatoms. The van der Waals surface area contributed by atoms with E-state index in [0.29, 0.717) is 17.3 Å². The van der Waals surface area contributed by atoms with Crippen molar-refractivity contribution in [2.75, 3.05) is 6.26 Å². The summed E-state index contributed by atoms with van der Waals surface area (Å²) in [5, 5.41) is 6.97. The van der Waals surface area contributed by atoms with E-state index in [1.165, 1.54) is 12.1 Å². The third-order valence-corrected chi connectivity index (χ3v) is 5.40. The van der Waals surface area contributed by atoms with Crippen molar-refractivity contribution in [2.24, 2.45) is 0 Å². The van der Waals surface area contributed by atoms with Gasteiger partial charge in [0.25, 0.3) is 5.91 Å². The highest BCUT2D eigenvalue weighted by Crippen LogP contribution is 2.37. The number of amides is 1. The average Bonchev–Trinajstić information content (AvgIpc) is 3.16. The summed E-state index contributed by atoms with van der Waals surface area (Å²) in [4.78, 5) is 17.1. The molecule has 7 nitrogen and oxygen atoms in total. The largest absolute Gasteiger partial charge is 0.340 e. The zero-order chi connectivity index (χ0) is 17.4. The quantitative estimate of drug-likeness (QED) is 0.905. The number of aryl methyl sites for hydroxylation is 1. The van der Waals surface area contributed by atoms with Gasteiger partial charge < -0.3 is 9.84 Å². The van der Waals surface area contributed by atoms with Gasteiger partial charge in [-0.25, -0.2) is 8.42 Å². The van der Waals surface area contributed by atoms with Gasteiger partial charge in [0.2, 0.25) is 5.89 Å². The van der Waals surface area contributed by atoms with Crippen LogP contribution in [0.2, 0.25) is 0 Å². The molecule has 0 saturated heterocycles. The van der Waals surface area contributed by atoms with E-state index in [0.717, 1.165) is 31.9 Å². The Labute approximate surface area is 140 Å². The van der Waals surface area contributed by atoms with Crippen LogP contribution in [0.3, 0.4) is 0 Å². The lowest BCUT2D eigenvalue weighted by molar-refractivity contribution is 0.0891. The van der Waals surface area contributed by atoms with E-state index in [4.69, 9.17) is 4.52 Å². The fourth-order valence-corrected chi connectivity index (χ4v) is 3.70. The predicted molar refractivity (Wildman–Crippen MR) is 86.2 cm³/mol. The smallest absolute Gasteiger partial charge is 0.252 e. The van der Waals surface area contributed by atoms with Gasteiger partial charge in [-0.15, -0.1) is 0 Å². The molecule has 3 rings (SSSR count). The number of sulfone groups is 1. The highest BCUT2D eigenvalue weighted by molar-refractivity contribution is 7.90. The van der Waals surface area contributed by atoms with Gasteiger partial charge in [0.05, 0.1) is 4.90 Å². The molecule has 1 aromatic heterocycles. The van der Waals surface area contributed by atoms with Crippen LogP contribution in [-0.4, -0.2) is 30.7 Å². The molecule has 1 aliphatic rings. The lowest BCUT2D eigenvalue weighted by Gasteiger charge is -2.26. The van der Waals surface area contributed by atoms with Gasteiger partial charge in [-0.2, -0.15) is 4.98 Å². The summed E-state index contributed by atoms with van der Waals surface area (Å²) < 4.78 is 28.4. The molecule has 1 heterocycles. The number of benzene rings is 1. The molecule has 0 bridgehead atoms. The summed E-state index contributed by atoms with van der Waals surface area (Å²) in [5.41, 5.74) is -0.361. The normalized spacial score (nSPS) is 16.9. The summed E-state index contributed by atoms with van der Waals surface area (Å²) in [6, 6.07) is 6.01. The van der Waals surface area contributed by atoms with Crippen molar-refractivity contribution < 1.29 is 17.7 Å². The van der Waals surface area contributed by atoms with Crippen molar-refractivity contribution in [2.45, 2.75) is 43.0 Å². The number of nitrogens with zero attached hydrogens (tertiary/aromatic N) is 2. The van der Waals surface area contributed by atoms with Crippen LogP contribution in [0.1, 0.15) is 47.8 Å². The Morgan fingerprint density at radius 2 is 2.00 bits per heavy atom. The predicted octanol–water partition coefficient (Wildman–Crippen LogP) is 1.98. The van der Waals surface area contributed by atoms with Crippen LogP contribution in [0, 0.1) is 6.92 Å². The van der Waals surface area contributed by atoms with E-state index in [2.05, 4.69) is 15.5 Å². The molecule has 1 amide bonds.